The summed E-state index contributed by atoms with van der Waals surface area (Å²) in [4.78, 5) is 24.4. The van der Waals surface area contributed by atoms with Gasteiger partial charge in [-0.3, -0.25) is 9.59 Å². The first-order valence-electron chi connectivity index (χ1n) is 12.5. The van der Waals surface area contributed by atoms with Crippen LogP contribution in [0, 0.1) is 10.8 Å². The van der Waals surface area contributed by atoms with Crippen LogP contribution < -0.4 is 0 Å². The molecule has 6 heteroatoms. The Hall–Kier alpha value is -1.14. The third-order valence-corrected chi connectivity index (χ3v) is 6.02. The van der Waals surface area contributed by atoms with Crippen LogP contribution in [0.5, 0.6) is 0 Å². The van der Waals surface area contributed by atoms with E-state index in [1.807, 2.05) is 0 Å². The highest BCUT2D eigenvalue weighted by atomic mass is 16.8. The van der Waals surface area contributed by atoms with Gasteiger partial charge in [-0.05, 0) is 36.5 Å². The number of rotatable bonds is 15. The molecule has 0 saturated carbocycles. The van der Waals surface area contributed by atoms with E-state index in [0.717, 1.165) is 51.4 Å². The van der Waals surface area contributed by atoms with Gasteiger partial charge in [0.15, 0.2) is 5.60 Å². The lowest BCUT2D eigenvalue weighted by Crippen LogP contribution is -2.28. The smallest absolute Gasteiger partial charge is 0.308 e. The van der Waals surface area contributed by atoms with Crippen molar-refractivity contribution in [1.29, 1.82) is 0 Å². The third-order valence-electron chi connectivity index (χ3n) is 6.02. The maximum Gasteiger partial charge on any atom is 0.308 e. The van der Waals surface area contributed by atoms with Crippen LogP contribution in [0.25, 0.3) is 0 Å². The fourth-order valence-electron chi connectivity index (χ4n) is 3.84. The molecular weight excluding hydrogens is 408 g/mol. The Morgan fingerprint density at radius 3 is 1.88 bits per heavy atom. The molecule has 2 aliphatic heterocycles. The Bertz CT molecular complexity index is 598. The molecule has 2 fully saturated rings. The molecule has 0 radical (unpaired) electrons. The third kappa shape index (κ3) is 11.6. The average molecular weight is 455 g/mol. The van der Waals surface area contributed by atoms with Crippen LogP contribution in [0.4, 0.5) is 0 Å². The summed E-state index contributed by atoms with van der Waals surface area (Å²) in [6, 6.07) is 0. The molecule has 32 heavy (non-hydrogen) atoms. The predicted octanol–water partition coefficient (Wildman–Crippen LogP) is 5.95. The summed E-state index contributed by atoms with van der Waals surface area (Å²) in [7, 11) is 0. The normalized spacial score (nSPS) is 24.8. The highest BCUT2D eigenvalue weighted by molar-refractivity contribution is 5.70. The van der Waals surface area contributed by atoms with Crippen LogP contribution in [-0.4, -0.2) is 43.1 Å². The van der Waals surface area contributed by atoms with Crippen molar-refractivity contribution < 1.29 is 28.5 Å². The Morgan fingerprint density at radius 1 is 0.844 bits per heavy atom. The number of hydrogen-bond donors (Lipinski definition) is 0. The molecule has 0 aliphatic carbocycles. The highest BCUT2D eigenvalue weighted by Gasteiger charge is 2.63. The van der Waals surface area contributed by atoms with Crippen molar-refractivity contribution >= 4 is 11.9 Å². The van der Waals surface area contributed by atoms with E-state index in [1.165, 1.54) is 0 Å². The van der Waals surface area contributed by atoms with Gasteiger partial charge in [0.1, 0.15) is 6.61 Å². The van der Waals surface area contributed by atoms with Crippen LogP contribution in [-0.2, 0) is 28.5 Å². The monoisotopic (exact) mass is 454 g/mol. The summed E-state index contributed by atoms with van der Waals surface area (Å²) in [5, 5.41) is 0. The number of carbonyl (C=O) groups excluding carboxylic acids is 2. The van der Waals surface area contributed by atoms with Gasteiger partial charge in [-0.2, -0.15) is 0 Å². The molecule has 2 rings (SSSR count). The summed E-state index contributed by atoms with van der Waals surface area (Å²) in [6.07, 6.45) is 9.13. The second-order valence-electron chi connectivity index (χ2n) is 12.1. The lowest BCUT2D eigenvalue weighted by molar-refractivity contribution is -0.149. The van der Waals surface area contributed by atoms with E-state index in [9.17, 15) is 9.59 Å². The molecule has 0 N–H and O–H groups in total. The molecule has 6 nitrogen and oxygen atoms in total. The lowest BCUT2D eigenvalue weighted by atomic mass is 9.89. The van der Waals surface area contributed by atoms with E-state index in [-0.39, 0.29) is 24.6 Å². The highest BCUT2D eigenvalue weighted by Crippen LogP contribution is 2.44. The van der Waals surface area contributed by atoms with Crippen molar-refractivity contribution in [2.24, 2.45) is 10.8 Å². The van der Waals surface area contributed by atoms with Crippen molar-refractivity contribution in [3.05, 3.63) is 0 Å². The minimum Gasteiger partial charge on any atom is -0.462 e. The van der Waals surface area contributed by atoms with E-state index in [1.54, 1.807) is 0 Å². The molecule has 3 atom stereocenters. The van der Waals surface area contributed by atoms with Crippen molar-refractivity contribution in [2.75, 3.05) is 13.2 Å². The zero-order valence-corrected chi connectivity index (χ0v) is 21.3. The van der Waals surface area contributed by atoms with Gasteiger partial charge in [-0.15, -0.1) is 0 Å². The van der Waals surface area contributed by atoms with E-state index >= 15 is 0 Å². The lowest BCUT2D eigenvalue weighted by Gasteiger charge is -2.17. The Morgan fingerprint density at radius 2 is 1.38 bits per heavy atom. The zero-order chi connectivity index (χ0) is 23.8. The van der Waals surface area contributed by atoms with Crippen LogP contribution in [0.15, 0.2) is 0 Å². The standard InChI is InChI=1S/C26H46O6/c1-24(2,3)15-11-7-9-13-21(27)30-19-26(17-20-18-29-20)23(32-26)31-22(28)14-10-8-12-16-25(4,5)6/h20,23H,7-19H2,1-6H3. The summed E-state index contributed by atoms with van der Waals surface area (Å²) in [5.41, 5.74) is -0.0678. The molecule has 0 bridgehead atoms. The molecule has 0 aromatic heterocycles. The minimum absolute atomic E-state index is 0.104. The van der Waals surface area contributed by atoms with E-state index in [4.69, 9.17) is 18.9 Å². The molecule has 2 heterocycles. The first kappa shape index (κ1) is 27.1. The fourth-order valence-corrected chi connectivity index (χ4v) is 3.84. The number of carbonyl (C=O) groups is 2. The number of epoxide rings is 2. The average Bonchev–Trinajstić information content (AvgIpc) is 3.57. The van der Waals surface area contributed by atoms with Crippen molar-refractivity contribution in [3.8, 4) is 0 Å². The van der Waals surface area contributed by atoms with Gasteiger partial charge in [0.05, 0.1) is 12.7 Å². The van der Waals surface area contributed by atoms with E-state index in [0.29, 0.717) is 36.7 Å². The Balaban J connectivity index is 1.63. The van der Waals surface area contributed by atoms with Gasteiger partial charge in [0.2, 0.25) is 6.29 Å². The first-order valence-corrected chi connectivity index (χ1v) is 12.5. The first-order chi connectivity index (χ1) is 14.9. The van der Waals surface area contributed by atoms with Crippen molar-refractivity contribution in [3.63, 3.8) is 0 Å². The minimum atomic E-state index is -0.731. The van der Waals surface area contributed by atoms with Gasteiger partial charge >= 0.3 is 11.9 Å². The second-order valence-corrected chi connectivity index (χ2v) is 12.1. The fraction of sp³-hybridized carbons (Fsp3) is 0.923. The molecule has 0 aromatic rings. The van der Waals surface area contributed by atoms with E-state index in [2.05, 4.69) is 41.5 Å². The number of hydrogen-bond acceptors (Lipinski definition) is 6. The molecule has 0 aromatic carbocycles. The van der Waals surface area contributed by atoms with Gasteiger partial charge < -0.3 is 18.9 Å². The SMILES string of the molecule is CC(C)(C)CCCCCC(=O)OCC1(CC2CO2)OC1OC(=O)CCCCCC(C)(C)C. The number of esters is 2. The maximum absolute atomic E-state index is 12.2. The largest absolute Gasteiger partial charge is 0.462 e. The van der Waals surface area contributed by atoms with Crippen LogP contribution in [0.2, 0.25) is 0 Å². The zero-order valence-electron chi connectivity index (χ0n) is 21.3. The molecular formula is C26H46O6. The quantitative estimate of drug-likeness (QED) is 0.173. The summed E-state index contributed by atoms with van der Waals surface area (Å²) >= 11 is 0. The second kappa shape index (κ2) is 11.8. The number of unbranched alkanes of at least 4 members (excludes halogenated alkanes) is 4. The summed E-state index contributed by atoms with van der Waals surface area (Å²) < 4.78 is 22.1. The van der Waals surface area contributed by atoms with Gasteiger partial charge in [-0.1, -0.05) is 67.2 Å². The van der Waals surface area contributed by atoms with Crippen molar-refractivity contribution in [1.82, 2.24) is 0 Å². The molecule has 186 valence electrons. The molecule has 0 spiro atoms. The summed E-state index contributed by atoms with van der Waals surface area (Å²) in [5.74, 6) is -0.453. The molecule has 2 saturated heterocycles. The van der Waals surface area contributed by atoms with Crippen molar-refractivity contribution in [2.45, 2.75) is 130 Å². The van der Waals surface area contributed by atoms with Gasteiger partial charge in [0.25, 0.3) is 0 Å². The maximum atomic E-state index is 12.2. The topological polar surface area (TPSA) is 77.7 Å². The molecule has 0 amide bonds. The summed E-state index contributed by atoms with van der Waals surface area (Å²) in [6.45, 7) is 14.2. The van der Waals surface area contributed by atoms with Gasteiger partial charge in [0, 0.05) is 19.3 Å². The molecule has 2 aliphatic rings. The predicted molar refractivity (Wildman–Crippen MR) is 124 cm³/mol. The number of ether oxygens (including phenoxy) is 4. The van der Waals surface area contributed by atoms with Gasteiger partial charge in [-0.25, -0.2) is 0 Å². The Labute approximate surface area is 195 Å². The molecule has 3 unspecified atom stereocenters. The van der Waals surface area contributed by atoms with E-state index < -0.39 is 11.9 Å². The Kier molecular flexibility index (Phi) is 10.0. The van der Waals surface area contributed by atoms with Crippen LogP contribution >= 0.6 is 0 Å². The van der Waals surface area contributed by atoms with Crippen LogP contribution in [0.3, 0.4) is 0 Å². The van der Waals surface area contributed by atoms with Crippen LogP contribution in [0.1, 0.15) is 112 Å².